The summed E-state index contributed by atoms with van der Waals surface area (Å²) in [5.41, 5.74) is 0. The van der Waals surface area contributed by atoms with Crippen LogP contribution in [0.25, 0.3) is 11.6 Å². The zero-order valence-electron chi connectivity index (χ0n) is 14.8. The first-order valence-corrected chi connectivity index (χ1v) is 10.4. The van der Waals surface area contributed by atoms with Gasteiger partial charge in [-0.05, 0) is 12.1 Å². The summed E-state index contributed by atoms with van der Waals surface area (Å²) in [6.45, 7) is 1.21. The second-order valence-corrected chi connectivity index (χ2v) is 8.85. The number of carbonyl (C=O) groups excluding carboxylic acids is 1. The highest BCUT2D eigenvalue weighted by atomic mass is 32.2. The van der Waals surface area contributed by atoms with E-state index in [-0.39, 0.29) is 36.1 Å². The van der Waals surface area contributed by atoms with Gasteiger partial charge >= 0.3 is 0 Å². The molecule has 0 aromatic carbocycles. The molecule has 0 radical (unpaired) electrons. The minimum atomic E-state index is -3.22. The number of carbonyl (C=O) groups is 1. The maximum atomic E-state index is 12.3. The molecule has 0 unspecified atom stereocenters. The van der Waals surface area contributed by atoms with Gasteiger partial charge in [-0.15, -0.1) is 0 Å². The van der Waals surface area contributed by atoms with Crippen molar-refractivity contribution in [1.82, 2.24) is 19.9 Å². The summed E-state index contributed by atoms with van der Waals surface area (Å²) in [5.74, 6) is 1.00. The Morgan fingerprint density at radius 3 is 2.89 bits per heavy atom. The molecule has 2 atom stereocenters. The van der Waals surface area contributed by atoms with E-state index >= 15 is 0 Å². The number of amides is 1. The largest absolute Gasteiger partial charge is 0.461 e. The molecule has 4 rings (SSSR count). The zero-order chi connectivity index (χ0) is 19.0. The second kappa shape index (κ2) is 7.06. The highest BCUT2D eigenvalue weighted by Crippen LogP contribution is 2.28. The van der Waals surface area contributed by atoms with E-state index in [1.165, 1.54) is 13.4 Å². The number of ether oxygens (including phenoxy) is 1. The van der Waals surface area contributed by atoms with E-state index in [4.69, 9.17) is 13.7 Å². The van der Waals surface area contributed by atoms with Crippen LogP contribution in [-0.4, -0.2) is 84.7 Å². The number of hydrogen-bond donors (Lipinski definition) is 0. The van der Waals surface area contributed by atoms with Crippen LogP contribution < -0.4 is 0 Å². The fraction of sp³-hybridized carbons (Fsp3) is 0.562. The van der Waals surface area contributed by atoms with Crippen molar-refractivity contribution in [2.24, 2.45) is 0 Å². The molecule has 0 aliphatic carbocycles. The zero-order valence-corrected chi connectivity index (χ0v) is 15.6. The molecule has 2 aliphatic rings. The lowest BCUT2D eigenvalue weighted by Gasteiger charge is -2.43. The Morgan fingerprint density at radius 1 is 1.33 bits per heavy atom. The number of furan rings is 1. The molecule has 0 spiro atoms. The highest BCUT2D eigenvalue weighted by Gasteiger charge is 2.48. The highest BCUT2D eigenvalue weighted by molar-refractivity contribution is 7.91. The minimum Gasteiger partial charge on any atom is -0.461 e. The predicted molar refractivity (Wildman–Crippen MR) is 92.2 cm³/mol. The molecule has 2 saturated heterocycles. The second-order valence-electron chi connectivity index (χ2n) is 6.69. The molecule has 4 heterocycles. The summed E-state index contributed by atoms with van der Waals surface area (Å²) in [5, 5.41) is 3.90. The third kappa shape index (κ3) is 3.62. The van der Waals surface area contributed by atoms with Gasteiger partial charge in [0.2, 0.25) is 17.6 Å². The van der Waals surface area contributed by atoms with Gasteiger partial charge in [-0.3, -0.25) is 9.69 Å². The number of fused-ring (bicyclic) bond motifs is 1. The van der Waals surface area contributed by atoms with Gasteiger partial charge in [0.15, 0.2) is 15.6 Å². The molecule has 2 fully saturated rings. The molecule has 146 valence electrons. The number of sulfone groups is 1. The van der Waals surface area contributed by atoms with Crippen molar-refractivity contribution in [2.45, 2.75) is 18.6 Å². The maximum absolute atomic E-state index is 12.3. The summed E-state index contributed by atoms with van der Waals surface area (Å²) < 4.78 is 39.9. The number of rotatable bonds is 5. The number of methoxy groups -OCH3 is 1. The van der Waals surface area contributed by atoms with E-state index in [2.05, 4.69) is 10.1 Å². The molecule has 2 aromatic heterocycles. The number of piperazine rings is 1. The van der Waals surface area contributed by atoms with Gasteiger partial charge < -0.3 is 18.6 Å². The monoisotopic (exact) mass is 396 g/mol. The third-order valence-electron chi connectivity index (χ3n) is 4.93. The van der Waals surface area contributed by atoms with Gasteiger partial charge in [-0.25, -0.2) is 8.42 Å². The van der Waals surface area contributed by atoms with Crippen molar-refractivity contribution in [2.75, 3.05) is 38.3 Å². The number of aromatic nitrogens is 2. The van der Waals surface area contributed by atoms with E-state index in [1.54, 1.807) is 17.0 Å². The molecule has 10 nitrogen and oxygen atoms in total. The van der Waals surface area contributed by atoms with Crippen LogP contribution in [-0.2, 0) is 25.9 Å². The topological polar surface area (TPSA) is 119 Å². The fourth-order valence-electron chi connectivity index (χ4n) is 3.74. The van der Waals surface area contributed by atoms with E-state index in [1.807, 2.05) is 4.90 Å². The maximum Gasteiger partial charge on any atom is 0.248 e. The Balaban J connectivity index is 1.52. The first-order chi connectivity index (χ1) is 13.0. The van der Waals surface area contributed by atoms with Crippen LogP contribution in [0.2, 0.25) is 0 Å². The summed E-state index contributed by atoms with van der Waals surface area (Å²) in [6, 6.07) is 2.77. The van der Waals surface area contributed by atoms with E-state index < -0.39 is 9.84 Å². The van der Waals surface area contributed by atoms with Gasteiger partial charge in [-0.2, -0.15) is 4.98 Å². The van der Waals surface area contributed by atoms with E-state index in [9.17, 15) is 13.2 Å². The lowest BCUT2D eigenvalue weighted by Crippen LogP contribution is -2.60. The van der Waals surface area contributed by atoms with E-state index in [0.717, 1.165) is 0 Å². The smallest absolute Gasteiger partial charge is 0.248 e. The van der Waals surface area contributed by atoms with Gasteiger partial charge in [0.05, 0.1) is 30.4 Å². The van der Waals surface area contributed by atoms with Crippen molar-refractivity contribution in [3.8, 4) is 11.6 Å². The SMILES string of the molecule is COCC(=O)N1CCN(Cc2nc(-c3ccco3)no2)[C@H]2CS(=O)(=O)C[C@H]21. The first kappa shape index (κ1) is 18.1. The van der Waals surface area contributed by atoms with Crippen molar-refractivity contribution < 1.29 is 26.9 Å². The average molecular weight is 396 g/mol. The van der Waals surface area contributed by atoms with Gasteiger partial charge in [-0.1, -0.05) is 5.16 Å². The van der Waals surface area contributed by atoms with Crippen molar-refractivity contribution in [3.63, 3.8) is 0 Å². The summed E-state index contributed by atoms with van der Waals surface area (Å²) in [6.07, 6.45) is 1.52. The molecule has 2 aromatic rings. The van der Waals surface area contributed by atoms with Gasteiger partial charge in [0.1, 0.15) is 6.61 Å². The summed E-state index contributed by atoms with van der Waals surface area (Å²) in [4.78, 5) is 20.2. The molecule has 27 heavy (non-hydrogen) atoms. The van der Waals surface area contributed by atoms with Crippen LogP contribution in [0.5, 0.6) is 0 Å². The van der Waals surface area contributed by atoms with Crippen molar-refractivity contribution in [3.05, 3.63) is 24.3 Å². The van der Waals surface area contributed by atoms with Crippen LogP contribution >= 0.6 is 0 Å². The Kier molecular flexibility index (Phi) is 4.74. The summed E-state index contributed by atoms with van der Waals surface area (Å²) in [7, 11) is -1.78. The van der Waals surface area contributed by atoms with Crippen LogP contribution in [0.1, 0.15) is 5.89 Å². The van der Waals surface area contributed by atoms with Crippen LogP contribution in [0, 0.1) is 0 Å². The van der Waals surface area contributed by atoms with Crippen LogP contribution in [0.15, 0.2) is 27.3 Å². The molecule has 0 N–H and O–H groups in total. The standard InChI is InChI=1S/C16H20N4O6S/c1-24-8-15(21)20-5-4-19(11-9-27(22,23)10-12(11)20)7-14-17-16(18-26-14)13-3-2-6-25-13/h2-3,6,11-12H,4-5,7-10H2,1H3/t11-,12+/m0/s1. The lowest BCUT2D eigenvalue weighted by atomic mass is 10.0. The Hall–Kier alpha value is -2.24. The number of hydrogen-bond acceptors (Lipinski definition) is 9. The van der Waals surface area contributed by atoms with Gasteiger partial charge in [0, 0.05) is 26.2 Å². The normalized spacial score (nSPS) is 24.9. The molecule has 1 amide bonds. The van der Waals surface area contributed by atoms with E-state index in [0.29, 0.717) is 37.1 Å². The first-order valence-electron chi connectivity index (χ1n) is 8.56. The average Bonchev–Trinajstić information content (AvgIpc) is 3.33. The Morgan fingerprint density at radius 2 is 2.15 bits per heavy atom. The number of nitrogens with zero attached hydrogens (tertiary/aromatic N) is 4. The van der Waals surface area contributed by atoms with Crippen LogP contribution in [0.4, 0.5) is 0 Å². The molecular formula is C16H20N4O6S. The minimum absolute atomic E-state index is 0.00755. The summed E-state index contributed by atoms with van der Waals surface area (Å²) >= 11 is 0. The third-order valence-corrected chi connectivity index (χ3v) is 6.63. The van der Waals surface area contributed by atoms with Crippen molar-refractivity contribution in [1.29, 1.82) is 0 Å². The molecule has 0 saturated carbocycles. The molecule has 0 bridgehead atoms. The molecular weight excluding hydrogens is 376 g/mol. The Labute approximate surface area is 156 Å². The Bertz CT molecular complexity index is 909. The van der Waals surface area contributed by atoms with Crippen LogP contribution in [0.3, 0.4) is 0 Å². The lowest BCUT2D eigenvalue weighted by molar-refractivity contribution is -0.141. The quantitative estimate of drug-likeness (QED) is 0.676. The molecule has 2 aliphatic heterocycles. The van der Waals surface area contributed by atoms with Gasteiger partial charge in [0.25, 0.3) is 0 Å². The van der Waals surface area contributed by atoms with Crippen molar-refractivity contribution >= 4 is 15.7 Å². The molecule has 11 heteroatoms. The predicted octanol–water partition coefficient (Wildman–Crippen LogP) is -0.214. The fourth-order valence-corrected chi connectivity index (χ4v) is 5.75.